The summed E-state index contributed by atoms with van der Waals surface area (Å²) in [4.78, 5) is 0.502. The molecule has 0 aliphatic carbocycles. The average Bonchev–Trinajstić information content (AvgIpc) is 2.33. The van der Waals surface area contributed by atoms with Crippen LogP contribution in [0.4, 0.5) is 0 Å². The monoisotopic (exact) mass is 205 g/mol. The SMILES string of the molecule is C=CCn1nc(CC)sc1=N.Cl. The lowest BCUT2D eigenvalue weighted by molar-refractivity contribution is 0.650. The Bertz CT molecular complexity index is 302. The quantitative estimate of drug-likeness (QED) is 0.749. The van der Waals surface area contributed by atoms with Gasteiger partial charge in [-0.1, -0.05) is 24.3 Å². The van der Waals surface area contributed by atoms with Crippen LogP contribution in [0.25, 0.3) is 0 Å². The predicted octanol–water partition coefficient (Wildman–Crippen LogP) is 1.59. The fraction of sp³-hybridized carbons (Fsp3) is 0.429. The van der Waals surface area contributed by atoms with Crippen molar-refractivity contribution in [1.82, 2.24) is 9.78 Å². The van der Waals surface area contributed by atoms with Crippen LogP contribution in [0.2, 0.25) is 0 Å². The van der Waals surface area contributed by atoms with Crippen molar-refractivity contribution >= 4 is 23.7 Å². The summed E-state index contributed by atoms with van der Waals surface area (Å²) in [5.41, 5.74) is 0. The summed E-state index contributed by atoms with van der Waals surface area (Å²) in [5.74, 6) is 0. The van der Waals surface area contributed by atoms with Gasteiger partial charge in [0.25, 0.3) is 0 Å². The third kappa shape index (κ3) is 2.46. The highest BCUT2D eigenvalue weighted by molar-refractivity contribution is 7.08. The van der Waals surface area contributed by atoms with E-state index >= 15 is 0 Å². The molecule has 3 nitrogen and oxygen atoms in total. The smallest absolute Gasteiger partial charge is 0.200 e. The molecule has 0 aliphatic rings. The first-order chi connectivity index (χ1) is 5.27. The Hall–Kier alpha value is -0.610. The van der Waals surface area contributed by atoms with Gasteiger partial charge in [-0.15, -0.1) is 19.0 Å². The Morgan fingerprint density at radius 1 is 1.75 bits per heavy atom. The predicted molar refractivity (Wildman–Crippen MR) is 52.8 cm³/mol. The number of nitrogens with zero attached hydrogens (tertiary/aromatic N) is 2. The fourth-order valence-electron chi connectivity index (χ4n) is 0.754. The summed E-state index contributed by atoms with van der Waals surface area (Å²) in [6.45, 7) is 6.27. The minimum Gasteiger partial charge on any atom is -0.274 e. The van der Waals surface area contributed by atoms with Crippen LogP contribution in [0.15, 0.2) is 12.7 Å². The Kier molecular flexibility index (Phi) is 4.85. The van der Waals surface area contributed by atoms with E-state index in [-0.39, 0.29) is 12.4 Å². The van der Waals surface area contributed by atoms with Crippen LogP contribution in [-0.4, -0.2) is 9.78 Å². The van der Waals surface area contributed by atoms with E-state index < -0.39 is 0 Å². The lowest BCUT2D eigenvalue weighted by Gasteiger charge is -1.90. The Balaban J connectivity index is 0.00000121. The number of aryl methyl sites for hydroxylation is 1. The van der Waals surface area contributed by atoms with E-state index in [9.17, 15) is 0 Å². The lowest BCUT2D eigenvalue weighted by atomic mass is 10.5. The van der Waals surface area contributed by atoms with Gasteiger partial charge in [0.15, 0.2) is 0 Å². The van der Waals surface area contributed by atoms with E-state index in [2.05, 4.69) is 11.7 Å². The molecule has 1 aromatic heterocycles. The van der Waals surface area contributed by atoms with Crippen molar-refractivity contribution in [3.8, 4) is 0 Å². The van der Waals surface area contributed by atoms with E-state index in [1.54, 1.807) is 10.8 Å². The highest BCUT2D eigenvalue weighted by Crippen LogP contribution is 1.98. The van der Waals surface area contributed by atoms with E-state index in [1.807, 2.05) is 6.92 Å². The van der Waals surface area contributed by atoms with Crippen molar-refractivity contribution in [3.63, 3.8) is 0 Å². The highest BCUT2D eigenvalue weighted by atomic mass is 35.5. The van der Waals surface area contributed by atoms with Crippen molar-refractivity contribution < 1.29 is 0 Å². The van der Waals surface area contributed by atoms with Crippen LogP contribution in [0.3, 0.4) is 0 Å². The molecule has 1 rings (SSSR count). The molecule has 0 radical (unpaired) electrons. The van der Waals surface area contributed by atoms with Gasteiger partial charge >= 0.3 is 0 Å². The van der Waals surface area contributed by atoms with Crippen LogP contribution in [-0.2, 0) is 13.0 Å². The van der Waals surface area contributed by atoms with Gasteiger partial charge in [0.05, 0.1) is 6.54 Å². The summed E-state index contributed by atoms with van der Waals surface area (Å²) in [6.07, 6.45) is 2.65. The number of allylic oxidation sites excluding steroid dienone is 1. The summed E-state index contributed by atoms with van der Waals surface area (Å²) < 4.78 is 1.65. The minimum absolute atomic E-state index is 0. The van der Waals surface area contributed by atoms with Gasteiger partial charge < -0.3 is 0 Å². The molecule has 68 valence electrons. The molecule has 1 aromatic rings. The van der Waals surface area contributed by atoms with Gasteiger partial charge in [-0.25, -0.2) is 4.68 Å². The molecule has 0 fully saturated rings. The largest absolute Gasteiger partial charge is 0.274 e. The second-order valence-corrected chi connectivity index (χ2v) is 3.19. The van der Waals surface area contributed by atoms with Crippen molar-refractivity contribution in [1.29, 1.82) is 5.41 Å². The number of nitrogens with one attached hydrogen (secondary N) is 1. The number of halogens is 1. The van der Waals surface area contributed by atoms with Crippen LogP contribution in [0, 0.1) is 5.41 Å². The van der Waals surface area contributed by atoms with E-state index in [1.165, 1.54) is 11.3 Å². The maximum atomic E-state index is 7.47. The number of aromatic nitrogens is 2. The van der Waals surface area contributed by atoms with Crippen LogP contribution in [0.5, 0.6) is 0 Å². The molecule has 0 saturated carbocycles. The van der Waals surface area contributed by atoms with Gasteiger partial charge in [-0.05, 0) is 6.42 Å². The maximum Gasteiger partial charge on any atom is 0.200 e. The van der Waals surface area contributed by atoms with Gasteiger partial charge in [0.1, 0.15) is 5.01 Å². The zero-order chi connectivity index (χ0) is 8.27. The molecule has 12 heavy (non-hydrogen) atoms. The average molecular weight is 206 g/mol. The van der Waals surface area contributed by atoms with Crippen molar-refractivity contribution in [2.24, 2.45) is 0 Å². The first-order valence-corrected chi connectivity index (χ1v) is 4.32. The molecule has 0 spiro atoms. The van der Waals surface area contributed by atoms with Gasteiger partial charge in [-0.2, -0.15) is 5.10 Å². The van der Waals surface area contributed by atoms with Crippen LogP contribution >= 0.6 is 23.7 Å². The van der Waals surface area contributed by atoms with E-state index in [0.717, 1.165) is 11.4 Å². The molecule has 0 bridgehead atoms. The van der Waals surface area contributed by atoms with Crippen LogP contribution < -0.4 is 4.80 Å². The molecule has 0 aliphatic heterocycles. The number of hydrogen-bond donors (Lipinski definition) is 1. The second kappa shape index (κ2) is 5.11. The maximum absolute atomic E-state index is 7.47. The molecule has 0 unspecified atom stereocenters. The molecule has 0 aromatic carbocycles. The molecular formula is C7H12ClN3S. The second-order valence-electron chi connectivity index (χ2n) is 2.13. The zero-order valence-electron chi connectivity index (χ0n) is 6.91. The van der Waals surface area contributed by atoms with E-state index in [4.69, 9.17) is 5.41 Å². The molecule has 0 amide bonds. The van der Waals surface area contributed by atoms with Gasteiger partial charge in [-0.3, -0.25) is 5.41 Å². The minimum atomic E-state index is 0. The van der Waals surface area contributed by atoms with Crippen molar-refractivity contribution in [2.45, 2.75) is 19.9 Å². The van der Waals surface area contributed by atoms with Gasteiger partial charge in [0.2, 0.25) is 4.80 Å². The lowest BCUT2D eigenvalue weighted by Crippen LogP contribution is -2.13. The van der Waals surface area contributed by atoms with Crippen molar-refractivity contribution in [2.75, 3.05) is 0 Å². The first kappa shape index (κ1) is 11.4. The topological polar surface area (TPSA) is 41.7 Å². The fourth-order valence-corrected chi connectivity index (χ4v) is 1.48. The Morgan fingerprint density at radius 2 is 2.42 bits per heavy atom. The molecule has 1 N–H and O–H groups in total. The number of rotatable bonds is 3. The number of hydrogen-bond acceptors (Lipinski definition) is 3. The summed E-state index contributed by atoms with van der Waals surface area (Å²) in [6, 6.07) is 0. The summed E-state index contributed by atoms with van der Waals surface area (Å²) in [7, 11) is 0. The summed E-state index contributed by atoms with van der Waals surface area (Å²) >= 11 is 1.43. The summed E-state index contributed by atoms with van der Waals surface area (Å²) in [5, 5.41) is 12.7. The molecule has 0 saturated heterocycles. The molecule has 5 heteroatoms. The standard InChI is InChI=1S/C7H11N3S.ClH/c1-3-5-10-7(8)11-6(4-2)9-10;/h3,8H,1,4-5H2,2H3;1H. The highest BCUT2D eigenvalue weighted by Gasteiger charge is 1.98. The normalized spacial score (nSPS) is 9.08. The third-order valence-corrected chi connectivity index (χ3v) is 2.30. The zero-order valence-corrected chi connectivity index (χ0v) is 8.54. The Labute approximate surface area is 81.7 Å². The van der Waals surface area contributed by atoms with Crippen molar-refractivity contribution in [3.05, 3.63) is 22.5 Å². The molecule has 1 heterocycles. The van der Waals surface area contributed by atoms with E-state index in [0.29, 0.717) is 11.3 Å². The third-order valence-electron chi connectivity index (χ3n) is 1.29. The molecule has 0 atom stereocenters. The first-order valence-electron chi connectivity index (χ1n) is 3.50. The Morgan fingerprint density at radius 3 is 2.83 bits per heavy atom. The molecular weight excluding hydrogens is 194 g/mol. The van der Waals surface area contributed by atoms with Crippen LogP contribution in [0.1, 0.15) is 11.9 Å². The van der Waals surface area contributed by atoms with Gasteiger partial charge in [0, 0.05) is 0 Å².